The molecule has 39 heavy (non-hydrogen) atoms. The molecule has 0 spiro atoms. The molecule has 1 unspecified atom stereocenters. The number of rotatable bonds is 12. The molecule has 1 aromatic heterocycles. The van der Waals surface area contributed by atoms with Gasteiger partial charge in [-0.3, -0.25) is 19.0 Å². The third-order valence-corrected chi connectivity index (χ3v) is 5.75. The molecule has 0 amide bonds. The minimum absolute atomic E-state index is 0.00848. The molecule has 0 aliphatic carbocycles. The number of halogens is 4. The van der Waals surface area contributed by atoms with Crippen LogP contribution in [0.5, 0.6) is 5.75 Å². The van der Waals surface area contributed by atoms with Crippen molar-refractivity contribution in [1.29, 1.82) is 0 Å². The van der Waals surface area contributed by atoms with Gasteiger partial charge in [-0.15, -0.1) is 0 Å². The highest BCUT2D eigenvalue weighted by Crippen LogP contribution is 2.27. The number of carbonyl (C=O) groups is 2. The number of pyridine rings is 1. The van der Waals surface area contributed by atoms with E-state index in [1.165, 1.54) is 0 Å². The molecule has 0 fully saturated rings. The van der Waals surface area contributed by atoms with Crippen LogP contribution in [0.1, 0.15) is 42.6 Å². The normalized spacial score (nSPS) is 12.0. The van der Waals surface area contributed by atoms with Gasteiger partial charge in [0.25, 0.3) is 5.56 Å². The minimum atomic E-state index is -1.22. The Balaban J connectivity index is 1.79. The van der Waals surface area contributed by atoms with Gasteiger partial charge >= 0.3 is 5.97 Å². The molecule has 0 saturated carbocycles. The molecule has 0 bridgehead atoms. The summed E-state index contributed by atoms with van der Waals surface area (Å²) in [5.41, 5.74) is 3.12. The lowest BCUT2D eigenvalue weighted by atomic mass is 10.0. The van der Waals surface area contributed by atoms with Crippen molar-refractivity contribution < 1.29 is 37.0 Å². The number of carboxylic acids is 1. The molecule has 2 aromatic carbocycles. The highest BCUT2D eigenvalue weighted by Gasteiger charge is 2.24. The van der Waals surface area contributed by atoms with Crippen LogP contribution in [0.3, 0.4) is 0 Å². The van der Waals surface area contributed by atoms with Gasteiger partial charge in [0.2, 0.25) is 0 Å². The molecule has 0 saturated heterocycles. The Morgan fingerprint density at radius 3 is 2.23 bits per heavy atom. The number of carboxylic acid groups (broad SMARTS) is 1. The van der Waals surface area contributed by atoms with Gasteiger partial charge in [0.1, 0.15) is 34.9 Å². The quantitative estimate of drug-likeness (QED) is 0.177. The molecule has 1 heterocycles. The number of aliphatic carboxylic acids is 1. The third-order valence-electron chi connectivity index (χ3n) is 5.75. The zero-order chi connectivity index (χ0) is 28.9. The van der Waals surface area contributed by atoms with Gasteiger partial charge < -0.3 is 20.9 Å². The minimum Gasteiger partial charge on any atom is -0.493 e. The molecule has 4 N–H and O–H groups in total. The fraction of sp³-hybridized carbons (Fsp3) is 0.296. The van der Waals surface area contributed by atoms with Gasteiger partial charge in [0.15, 0.2) is 17.4 Å². The van der Waals surface area contributed by atoms with Crippen LogP contribution < -0.4 is 21.3 Å². The summed E-state index contributed by atoms with van der Waals surface area (Å²) in [4.78, 5) is 36.6. The number of nitrogens with zero attached hydrogens (tertiary/aromatic N) is 1. The predicted octanol–water partition coefficient (Wildman–Crippen LogP) is 4.06. The Kier molecular flexibility index (Phi) is 9.47. The van der Waals surface area contributed by atoms with E-state index in [0.717, 1.165) is 36.4 Å². The van der Waals surface area contributed by atoms with E-state index >= 15 is 8.78 Å². The lowest BCUT2D eigenvalue weighted by molar-refractivity contribution is -0.139. The van der Waals surface area contributed by atoms with E-state index in [2.05, 4.69) is 5.32 Å². The highest BCUT2D eigenvalue weighted by molar-refractivity contribution is 6.11. The van der Waals surface area contributed by atoms with Crippen LogP contribution in [0.25, 0.3) is 5.69 Å². The second-order valence-corrected chi connectivity index (χ2v) is 9.17. The van der Waals surface area contributed by atoms with E-state index in [0.29, 0.717) is 23.5 Å². The summed E-state index contributed by atoms with van der Waals surface area (Å²) in [5, 5.41) is 12.1. The van der Waals surface area contributed by atoms with Gasteiger partial charge in [-0.05, 0) is 43.5 Å². The van der Waals surface area contributed by atoms with E-state index in [9.17, 15) is 28.3 Å². The van der Waals surface area contributed by atoms with Crippen molar-refractivity contribution in [3.63, 3.8) is 0 Å². The van der Waals surface area contributed by atoms with Crippen molar-refractivity contribution >= 4 is 17.6 Å². The number of aromatic nitrogens is 1. The smallest absolute Gasteiger partial charge is 0.320 e. The van der Waals surface area contributed by atoms with Gasteiger partial charge in [0.05, 0.1) is 17.7 Å². The Hall–Kier alpha value is -4.19. The zero-order valence-corrected chi connectivity index (χ0v) is 21.1. The maximum absolute atomic E-state index is 15.0. The SMILES string of the molecule is CC(C)CC(NCCCOc1cc(F)c(-n2c(N)c(C(=O)c3ccc(F)cc3F)ccc2=O)c(F)c1)C(=O)O. The van der Waals surface area contributed by atoms with Crippen LogP contribution in [-0.4, -0.2) is 40.6 Å². The van der Waals surface area contributed by atoms with Crippen molar-refractivity contribution in [1.82, 2.24) is 9.88 Å². The van der Waals surface area contributed by atoms with Crippen molar-refractivity contribution in [2.45, 2.75) is 32.7 Å². The summed E-state index contributed by atoms with van der Waals surface area (Å²) in [6.07, 6.45) is 0.769. The number of carbonyl (C=O) groups excluding carboxylic acids is 1. The van der Waals surface area contributed by atoms with Crippen molar-refractivity contribution in [3.8, 4) is 11.4 Å². The van der Waals surface area contributed by atoms with Gasteiger partial charge in [-0.2, -0.15) is 0 Å². The molecular formula is C27H27F4N3O5. The molecule has 3 rings (SSSR count). The highest BCUT2D eigenvalue weighted by atomic mass is 19.1. The topological polar surface area (TPSA) is 124 Å². The van der Waals surface area contributed by atoms with Crippen molar-refractivity contribution in [2.24, 2.45) is 5.92 Å². The van der Waals surface area contributed by atoms with E-state index in [4.69, 9.17) is 10.5 Å². The first-order valence-corrected chi connectivity index (χ1v) is 12.0. The maximum Gasteiger partial charge on any atom is 0.320 e. The first kappa shape index (κ1) is 29.4. The summed E-state index contributed by atoms with van der Waals surface area (Å²) >= 11 is 0. The Morgan fingerprint density at radius 1 is 1.00 bits per heavy atom. The van der Waals surface area contributed by atoms with Gasteiger partial charge in [0, 0.05) is 24.3 Å². The number of hydrogen-bond acceptors (Lipinski definition) is 6. The lowest BCUT2D eigenvalue weighted by Gasteiger charge is -2.17. The monoisotopic (exact) mass is 549 g/mol. The Labute approximate surface area is 221 Å². The number of anilines is 1. The van der Waals surface area contributed by atoms with Crippen molar-refractivity contribution in [3.05, 3.63) is 87.2 Å². The largest absolute Gasteiger partial charge is 0.493 e. The van der Waals surface area contributed by atoms with E-state index in [1.807, 2.05) is 13.8 Å². The van der Waals surface area contributed by atoms with Crippen LogP contribution in [0, 0.1) is 29.2 Å². The number of ether oxygens (including phenoxy) is 1. The molecule has 12 heteroatoms. The average Bonchev–Trinajstić information content (AvgIpc) is 2.84. The summed E-state index contributed by atoms with van der Waals surface area (Å²) in [6.45, 7) is 4.09. The predicted molar refractivity (Wildman–Crippen MR) is 135 cm³/mol. The summed E-state index contributed by atoms with van der Waals surface area (Å²) in [5.74, 6) is -7.22. The average molecular weight is 550 g/mol. The van der Waals surface area contributed by atoms with Crippen LogP contribution in [0.2, 0.25) is 0 Å². The molecule has 3 aromatic rings. The Bertz CT molecular complexity index is 1420. The summed E-state index contributed by atoms with van der Waals surface area (Å²) < 4.78 is 63.2. The number of ketones is 1. The summed E-state index contributed by atoms with van der Waals surface area (Å²) in [6, 6.07) is 4.97. The van der Waals surface area contributed by atoms with Crippen LogP contribution >= 0.6 is 0 Å². The first-order valence-electron chi connectivity index (χ1n) is 12.0. The van der Waals surface area contributed by atoms with Gasteiger partial charge in [-0.1, -0.05) is 13.8 Å². The lowest BCUT2D eigenvalue weighted by Crippen LogP contribution is -2.38. The second-order valence-electron chi connectivity index (χ2n) is 9.17. The second kappa shape index (κ2) is 12.6. The third kappa shape index (κ3) is 7.02. The van der Waals surface area contributed by atoms with E-state index < -0.39 is 69.3 Å². The number of nitrogen functional groups attached to an aromatic ring is 1. The molecule has 8 nitrogen and oxygen atoms in total. The summed E-state index contributed by atoms with van der Waals surface area (Å²) in [7, 11) is 0. The van der Waals surface area contributed by atoms with Crippen molar-refractivity contribution in [2.75, 3.05) is 18.9 Å². The molecule has 0 radical (unpaired) electrons. The molecule has 0 aliphatic rings. The molecular weight excluding hydrogens is 522 g/mol. The van der Waals surface area contributed by atoms with Crippen LogP contribution in [0.15, 0.2) is 47.3 Å². The first-order chi connectivity index (χ1) is 18.4. The van der Waals surface area contributed by atoms with Crippen LogP contribution in [0.4, 0.5) is 23.4 Å². The number of nitrogens with two attached hydrogens (primary N) is 1. The number of nitrogens with one attached hydrogen (secondary N) is 1. The fourth-order valence-electron chi connectivity index (χ4n) is 3.92. The van der Waals surface area contributed by atoms with E-state index in [1.54, 1.807) is 0 Å². The standard InChI is InChI=1S/C27H27F4N3O5/c1-14(2)10-22(27(37)38)33-8-3-9-39-16-12-20(30)24(21(31)13-16)34-23(35)7-6-18(26(34)32)25(36)17-5-4-15(28)11-19(17)29/h4-7,11-14,22,33H,3,8-10,32H2,1-2H3,(H,37,38). The molecule has 1 atom stereocenters. The number of benzene rings is 2. The van der Waals surface area contributed by atoms with E-state index in [-0.39, 0.29) is 24.8 Å². The fourth-order valence-corrected chi connectivity index (χ4v) is 3.92. The molecule has 208 valence electrons. The van der Waals surface area contributed by atoms with Gasteiger partial charge in [-0.25, -0.2) is 17.6 Å². The maximum atomic E-state index is 15.0. The zero-order valence-electron chi connectivity index (χ0n) is 21.1. The number of hydrogen-bond donors (Lipinski definition) is 3. The van der Waals surface area contributed by atoms with Crippen LogP contribution in [-0.2, 0) is 4.79 Å². The molecule has 0 aliphatic heterocycles. The Morgan fingerprint density at radius 2 is 1.64 bits per heavy atom.